The molecule has 2 rings (SSSR count). The van der Waals surface area contributed by atoms with Crippen molar-refractivity contribution in [3.8, 4) is 0 Å². The molecule has 0 aromatic heterocycles. The lowest BCUT2D eigenvalue weighted by Gasteiger charge is -2.51. The summed E-state index contributed by atoms with van der Waals surface area (Å²) in [6, 6.07) is 0. The fraction of sp³-hybridized carbons (Fsp3) is 1.00. The summed E-state index contributed by atoms with van der Waals surface area (Å²) in [4.78, 5) is 2.62. The normalized spacial score (nSPS) is 26.3. The molecule has 1 N–H and O–H groups in total. The largest absolute Gasteiger partial charge is 0.383 e. The first-order valence-electron chi connectivity index (χ1n) is 7.07. The van der Waals surface area contributed by atoms with E-state index in [0.29, 0.717) is 5.54 Å². The number of hydrogen-bond acceptors (Lipinski definition) is 3. The zero-order chi connectivity index (χ0) is 12.4. The van der Waals surface area contributed by atoms with Crippen LogP contribution in [0, 0.1) is 0 Å². The first-order valence-corrected chi connectivity index (χ1v) is 7.07. The highest BCUT2D eigenvalue weighted by atomic mass is 16.5. The number of nitrogens with zero attached hydrogens (tertiary/aromatic N) is 1. The molecule has 1 saturated carbocycles. The molecule has 0 unspecified atom stereocenters. The summed E-state index contributed by atoms with van der Waals surface area (Å²) < 4.78 is 5.37. The predicted molar refractivity (Wildman–Crippen MR) is 71.3 cm³/mol. The Labute approximate surface area is 106 Å². The Hall–Kier alpha value is -0.120. The zero-order valence-electron chi connectivity index (χ0n) is 11.7. The minimum absolute atomic E-state index is 0.168. The summed E-state index contributed by atoms with van der Waals surface area (Å²) in [6.07, 6.45) is 6.92. The maximum atomic E-state index is 5.37. The van der Waals surface area contributed by atoms with Gasteiger partial charge in [0.25, 0.3) is 0 Å². The van der Waals surface area contributed by atoms with Crippen molar-refractivity contribution < 1.29 is 4.74 Å². The SMILES string of the molecule is COCC(C)(C)N1CCNC2(CCCCC2)C1. The molecule has 3 heteroatoms. The molecule has 0 amide bonds. The second-order valence-corrected chi connectivity index (χ2v) is 6.43. The van der Waals surface area contributed by atoms with Crippen LogP contribution in [0.15, 0.2) is 0 Å². The van der Waals surface area contributed by atoms with Crippen LogP contribution in [0.1, 0.15) is 46.0 Å². The van der Waals surface area contributed by atoms with Gasteiger partial charge in [-0.1, -0.05) is 19.3 Å². The summed E-state index contributed by atoms with van der Waals surface area (Å²) in [5.74, 6) is 0. The van der Waals surface area contributed by atoms with Crippen molar-refractivity contribution >= 4 is 0 Å². The second kappa shape index (κ2) is 5.25. The van der Waals surface area contributed by atoms with Crippen molar-refractivity contribution in [2.24, 2.45) is 0 Å². The topological polar surface area (TPSA) is 24.5 Å². The van der Waals surface area contributed by atoms with E-state index in [-0.39, 0.29) is 5.54 Å². The van der Waals surface area contributed by atoms with Crippen LogP contribution in [0.4, 0.5) is 0 Å². The van der Waals surface area contributed by atoms with Gasteiger partial charge in [-0.3, -0.25) is 4.90 Å². The van der Waals surface area contributed by atoms with E-state index in [4.69, 9.17) is 4.74 Å². The highest BCUT2D eigenvalue weighted by molar-refractivity contribution is 4.99. The third-order valence-corrected chi connectivity index (χ3v) is 4.54. The van der Waals surface area contributed by atoms with Crippen LogP contribution >= 0.6 is 0 Å². The standard InChI is InChI=1S/C14H28N2O/c1-13(2,12-17-3)16-10-9-15-14(11-16)7-5-4-6-8-14/h15H,4-12H2,1-3H3. The fourth-order valence-corrected chi connectivity index (χ4v) is 3.48. The molecule has 0 aromatic carbocycles. The van der Waals surface area contributed by atoms with E-state index >= 15 is 0 Å². The Bertz CT molecular complexity index is 241. The Morgan fingerprint density at radius 1 is 1.24 bits per heavy atom. The van der Waals surface area contributed by atoms with Gasteiger partial charge in [0, 0.05) is 37.8 Å². The van der Waals surface area contributed by atoms with Crippen LogP contribution in [-0.4, -0.2) is 49.3 Å². The Morgan fingerprint density at radius 2 is 1.94 bits per heavy atom. The van der Waals surface area contributed by atoms with E-state index in [2.05, 4.69) is 24.1 Å². The predicted octanol–water partition coefficient (Wildman–Crippen LogP) is 2.02. The summed E-state index contributed by atoms with van der Waals surface area (Å²) in [5.41, 5.74) is 0.572. The van der Waals surface area contributed by atoms with Gasteiger partial charge in [-0.15, -0.1) is 0 Å². The first kappa shape index (κ1) is 13.3. The molecule has 0 atom stereocenters. The van der Waals surface area contributed by atoms with E-state index < -0.39 is 0 Å². The van der Waals surface area contributed by atoms with Crippen LogP contribution < -0.4 is 5.32 Å². The molecule has 2 fully saturated rings. The molecule has 1 aliphatic carbocycles. The molecule has 3 nitrogen and oxygen atoms in total. The quantitative estimate of drug-likeness (QED) is 0.817. The van der Waals surface area contributed by atoms with Gasteiger partial charge in [-0.2, -0.15) is 0 Å². The van der Waals surface area contributed by atoms with E-state index in [1.807, 2.05) is 0 Å². The van der Waals surface area contributed by atoms with Crippen LogP contribution in [0.2, 0.25) is 0 Å². The van der Waals surface area contributed by atoms with Crippen molar-refractivity contribution in [2.75, 3.05) is 33.4 Å². The summed E-state index contributed by atoms with van der Waals surface area (Å²) in [5, 5.41) is 3.80. The van der Waals surface area contributed by atoms with Gasteiger partial charge in [0.2, 0.25) is 0 Å². The average Bonchev–Trinajstić information content (AvgIpc) is 2.30. The zero-order valence-corrected chi connectivity index (χ0v) is 11.7. The van der Waals surface area contributed by atoms with E-state index in [0.717, 1.165) is 19.7 Å². The molecule has 0 aromatic rings. The lowest BCUT2D eigenvalue weighted by molar-refractivity contribution is -0.0117. The van der Waals surface area contributed by atoms with Crippen molar-refractivity contribution in [2.45, 2.75) is 57.0 Å². The van der Waals surface area contributed by atoms with Crippen molar-refractivity contribution in [3.63, 3.8) is 0 Å². The van der Waals surface area contributed by atoms with E-state index in [1.54, 1.807) is 7.11 Å². The first-order chi connectivity index (χ1) is 8.08. The molecule has 1 spiro atoms. The Morgan fingerprint density at radius 3 is 2.59 bits per heavy atom. The van der Waals surface area contributed by atoms with Crippen LogP contribution in [0.3, 0.4) is 0 Å². The molecule has 1 aliphatic heterocycles. The number of nitrogens with one attached hydrogen (secondary N) is 1. The van der Waals surface area contributed by atoms with Gasteiger partial charge in [-0.25, -0.2) is 0 Å². The van der Waals surface area contributed by atoms with Gasteiger partial charge >= 0.3 is 0 Å². The third-order valence-electron chi connectivity index (χ3n) is 4.54. The van der Waals surface area contributed by atoms with E-state index in [1.165, 1.54) is 38.6 Å². The molecule has 2 aliphatic rings. The number of hydrogen-bond donors (Lipinski definition) is 1. The number of rotatable bonds is 3. The van der Waals surface area contributed by atoms with Crippen LogP contribution in [0.5, 0.6) is 0 Å². The minimum Gasteiger partial charge on any atom is -0.383 e. The van der Waals surface area contributed by atoms with Crippen LogP contribution in [0.25, 0.3) is 0 Å². The Kier molecular flexibility index (Phi) is 4.11. The van der Waals surface area contributed by atoms with Gasteiger partial charge < -0.3 is 10.1 Å². The average molecular weight is 240 g/mol. The monoisotopic (exact) mass is 240 g/mol. The molecule has 1 saturated heterocycles. The summed E-state index contributed by atoms with van der Waals surface area (Å²) in [6.45, 7) is 8.91. The van der Waals surface area contributed by atoms with Gasteiger partial charge in [0.05, 0.1) is 6.61 Å². The van der Waals surface area contributed by atoms with Crippen molar-refractivity contribution in [1.29, 1.82) is 0 Å². The molecular formula is C14H28N2O. The molecule has 100 valence electrons. The van der Waals surface area contributed by atoms with Gasteiger partial charge in [0.15, 0.2) is 0 Å². The van der Waals surface area contributed by atoms with Crippen molar-refractivity contribution in [3.05, 3.63) is 0 Å². The smallest absolute Gasteiger partial charge is 0.0641 e. The third kappa shape index (κ3) is 3.01. The lowest BCUT2D eigenvalue weighted by Crippen LogP contribution is -2.65. The van der Waals surface area contributed by atoms with Gasteiger partial charge in [-0.05, 0) is 26.7 Å². The summed E-state index contributed by atoms with van der Waals surface area (Å²) in [7, 11) is 1.81. The summed E-state index contributed by atoms with van der Waals surface area (Å²) >= 11 is 0. The highest BCUT2D eigenvalue weighted by Gasteiger charge is 2.40. The molecule has 17 heavy (non-hydrogen) atoms. The van der Waals surface area contributed by atoms with Crippen molar-refractivity contribution in [1.82, 2.24) is 10.2 Å². The highest BCUT2D eigenvalue weighted by Crippen LogP contribution is 2.32. The number of methoxy groups -OCH3 is 1. The van der Waals surface area contributed by atoms with Gasteiger partial charge in [0.1, 0.15) is 0 Å². The maximum absolute atomic E-state index is 5.37. The maximum Gasteiger partial charge on any atom is 0.0641 e. The molecule has 0 radical (unpaired) electrons. The molecule has 1 heterocycles. The number of piperazine rings is 1. The molecule has 0 bridgehead atoms. The number of ether oxygens (including phenoxy) is 1. The Balaban J connectivity index is 2.00. The van der Waals surface area contributed by atoms with E-state index in [9.17, 15) is 0 Å². The second-order valence-electron chi connectivity index (χ2n) is 6.43. The molecular weight excluding hydrogens is 212 g/mol. The van der Waals surface area contributed by atoms with Crippen LogP contribution in [-0.2, 0) is 4.74 Å². The minimum atomic E-state index is 0.168. The lowest BCUT2D eigenvalue weighted by atomic mass is 9.79. The fourth-order valence-electron chi connectivity index (χ4n) is 3.48.